The third-order valence-corrected chi connectivity index (χ3v) is 3.93. The van der Waals surface area contributed by atoms with Crippen LogP contribution in [0.15, 0.2) is 36.4 Å². The number of H-pyrrole nitrogens is 1. The molecular formula is C17H19N3O2. The number of anilines is 2. The number of nitrogens with zero attached hydrogens (tertiary/aromatic N) is 1. The van der Waals surface area contributed by atoms with Crippen LogP contribution in [0.2, 0.25) is 0 Å². The first-order valence-corrected chi connectivity index (χ1v) is 7.57. The predicted molar refractivity (Wildman–Crippen MR) is 86.6 cm³/mol. The number of carbonyl (C=O) groups excluding carboxylic acids is 2. The predicted octanol–water partition coefficient (Wildman–Crippen LogP) is 3.07. The van der Waals surface area contributed by atoms with Gasteiger partial charge in [-0.05, 0) is 55.7 Å². The fourth-order valence-corrected chi connectivity index (χ4v) is 2.72. The summed E-state index contributed by atoms with van der Waals surface area (Å²) in [4.78, 5) is 27.8. The fraction of sp³-hybridized carbons (Fsp3) is 0.294. The molecule has 114 valence electrons. The van der Waals surface area contributed by atoms with Crippen molar-refractivity contribution < 1.29 is 9.59 Å². The summed E-state index contributed by atoms with van der Waals surface area (Å²) in [6.07, 6.45) is 4.47. The molecular weight excluding hydrogens is 278 g/mol. The van der Waals surface area contributed by atoms with E-state index >= 15 is 0 Å². The summed E-state index contributed by atoms with van der Waals surface area (Å²) >= 11 is 0. The molecule has 0 saturated carbocycles. The van der Waals surface area contributed by atoms with Crippen molar-refractivity contribution in [3.05, 3.63) is 47.8 Å². The second-order valence-electron chi connectivity index (χ2n) is 5.49. The average Bonchev–Trinajstić information content (AvgIpc) is 3.06. The minimum atomic E-state index is -0.251. The van der Waals surface area contributed by atoms with Gasteiger partial charge in [-0.2, -0.15) is 0 Å². The molecule has 1 aromatic carbocycles. The molecule has 0 unspecified atom stereocenters. The van der Waals surface area contributed by atoms with Crippen LogP contribution in [-0.4, -0.2) is 30.3 Å². The van der Waals surface area contributed by atoms with Crippen LogP contribution in [0.1, 0.15) is 40.2 Å². The van der Waals surface area contributed by atoms with Crippen LogP contribution in [0.4, 0.5) is 11.4 Å². The molecule has 5 nitrogen and oxygen atoms in total. The maximum atomic E-state index is 12.1. The van der Waals surface area contributed by atoms with E-state index in [4.69, 9.17) is 0 Å². The van der Waals surface area contributed by atoms with Crippen LogP contribution in [0.3, 0.4) is 0 Å². The number of hydrogen-bond donors (Lipinski definition) is 2. The minimum Gasteiger partial charge on any atom is -0.372 e. The molecule has 0 bridgehead atoms. The number of aromatic nitrogens is 1. The van der Waals surface area contributed by atoms with E-state index in [-0.39, 0.29) is 5.91 Å². The highest BCUT2D eigenvalue weighted by atomic mass is 16.2. The second-order valence-corrected chi connectivity index (χ2v) is 5.49. The summed E-state index contributed by atoms with van der Waals surface area (Å²) in [6, 6.07) is 11.1. The van der Waals surface area contributed by atoms with Crippen LogP contribution < -0.4 is 10.2 Å². The van der Waals surface area contributed by atoms with E-state index in [9.17, 15) is 9.59 Å². The molecule has 0 atom stereocenters. The van der Waals surface area contributed by atoms with Gasteiger partial charge >= 0.3 is 0 Å². The quantitative estimate of drug-likeness (QED) is 0.852. The number of nitrogens with one attached hydrogen (secondary N) is 2. The van der Waals surface area contributed by atoms with E-state index < -0.39 is 0 Å². The molecule has 2 aromatic rings. The second kappa shape index (κ2) is 6.47. The van der Waals surface area contributed by atoms with Gasteiger partial charge in [0.2, 0.25) is 0 Å². The highest BCUT2D eigenvalue weighted by Crippen LogP contribution is 2.22. The van der Waals surface area contributed by atoms with Gasteiger partial charge in [0.05, 0.1) is 5.69 Å². The molecule has 1 aliphatic heterocycles. The lowest BCUT2D eigenvalue weighted by molar-refractivity contribution is 0.102. The third-order valence-electron chi connectivity index (χ3n) is 3.93. The average molecular weight is 297 g/mol. The Hall–Kier alpha value is -2.56. The maximum Gasteiger partial charge on any atom is 0.272 e. The van der Waals surface area contributed by atoms with Crippen molar-refractivity contribution in [1.29, 1.82) is 0 Å². The van der Waals surface area contributed by atoms with Crippen LogP contribution in [0, 0.1) is 0 Å². The van der Waals surface area contributed by atoms with Crippen LogP contribution in [-0.2, 0) is 0 Å². The highest BCUT2D eigenvalue weighted by molar-refractivity contribution is 6.03. The monoisotopic (exact) mass is 297 g/mol. The molecule has 0 radical (unpaired) electrons. The molecule has 1 aromatic heterocycles. The van der Waals surface area contributed by atoms with Crippen molar-refractivity contribution in [3.63, 3.8) is 0 Å². The smallest absolute Gasteiger partial charge is 0.272 e. The summed E-state index contributed by atoms with van der Waals surface area (Å²) in [5.41, 5.74) is 2.71. The van der Waals surface area contributed by atoms with Gasteiger partial charge in [-0.25, -0.2) is 0 Å². The van der Waals surface area contributed by atoms with Gasteiger partial charge in [-0.15, -0.1) is 0 Å². The normalized spacial score (nSPS) is 14.6. The molecule has 0 aliphatic carbocycles. The third kappa shape index (κ3) is 3.19. The van der Waals surface area contributed by atoms with Crippen molar-refractivity contribution >= 4 is 23.6 Å². The lowest BCUT2D eigenvalue weighted by atomic mass is 10.1. The van der Waals surface area contributed by atoms with Crippen molar-refractivity contribution in [2.75, 3.05) is 23.3 Å². The Morgan fingerprint density at radius 2 is 1.77 bits per heavy atom. The summed E-state index contributed by atoms with van der Waals surface area (Å²) < 4.78 is 0. The zero-order chi connectivity index (χ0) is 15.4. The number of rotatable bonds is 4. The van der Waals surface area contributed by atoms with Gasteiger partial charge in [-0.3, -0.25) is 9.59 Å². The van der Waals surface area contributed by atoms with E-state index in [0.717, 1.165) is 18.8 Å². The van der Waals surface area contributed by atoms with Crippen molar-refractivity contribution in [1.82, 2.24) is 4.98 Å². The van der Waals surface area contributed by atoms with Gasteiger partial charge in [0, 0.05) is 24.5 Å². The van der Waals surface area contributed by atoms with Crippen molar-refractivity contribution in [2.45, 2.75) is 19.3 Å². The lowest BCUT2D eigenvalue weighted by Gasteiger charge is -2.28. The minimum absolute atomic E-state index is 0.251. The standard InChI is InChI=1S/C17H19N3O2/c21-12-14-6-9-16(18-14)17(22)19-13-4-7-15(8-5-13)20-10-2-1-3-11-20/h4-9,12,18H,1-3,10-11H2,(H,19,22). The first kappa shape index (κ1) is 14.4. The molecule has 2 N–H and O–H groups in total. The van der Waals surface area contributed by atoms with Gasteiger partial charge < -0.3 is 15.2 Å². The SMILES string of the molecule is O=Cc1ccc(C(=O)Nc2ccc(N3CCCCC3)cc2)[nH]1. The van der Waals surface area contributed by atoms with E-state index in [1.165, 1.54) is 24.9 Å². The molecule has 1 fully saturated rings. The Balaban J connectivity index is 1.65. The summed E-state index contributed by atoms with van der Waals surface area (Å²) in [5.74, 6) is -0.251. The largest absolute Gasteiger partial charge is 0.372 e. The molecule has 0 spiro atoms. The molecule has 1 saturated heterocycles. The molecule has 22 heavy (non-hydrogen) atoms. The number of aromatic amines is 1. The Kier molecular flexibility index (Phi) is 4.23. The number of benzene rings is 1. The number of hydrogen-bond acceptors (Lipinski definition) is 3. The Morgan fingerprint density at radius 1 is 1.05 bits per heavy atom. The van der Waals surface area contributed by atoms with E-state index in [0.29, 0.717) is 17.7 Å². The van der Waals surface area contributed by atoms with E-state index in [1.807, 2.05) is 24.3 Å². The number of piperidine rings is 1. The van der Waals surface area contributed by atoms with Crippen molar-refractivity contribution in [2.24, 2.45) is 0 Å². The first-order valence-electron chi connectivity index (χ1n) is 7.57. The molecule has 5 heteroatoms. The van der Waals surface area contributed by atoms with Crippen molar-refractivity contribution in [3.8, 4) is 0 Å². The summed E-state index contributed by atoms with van der Waals surface area (Å²) in [7, 11) is 0. The van der Waals surface area contributed by atoms with Gasteiger partial charge in [0.1, 0.15) is 5.69 Å². The van der Waals surface area contributed by atoms with Gasteiger partial charge in [-0.1, -0.05) is 0 Å². The summed E-state index contributed by atoms with van der Waals surface area (Å²) in [6.45, 7) is 2.20. The number of carbonyl (C=O) groups is 2. The van der Waals surface area contributed by atoms with Crippen LogP contribution in [0.5, 0.6) is 0 Å². The lowest BCUT2D eigenvalue weighted by Crippen LogP contribution is -2.29. The molecule has 1 aliphatic rings. The molecule has 1 amide bonds. The van der Waals surface area contributed by atoms with E-state index in [2.05, 4.69) is 15.2 Å². The van der Waals surface area contributed by atoms with Crippen LogP contribution in [0.25, 0.3) is 0 Å². The highest BCUT2D eigenvalue weighted by Gasteiger charge is 2.12. The number of amides is 1. The van der Waals surface area contributed by atoms with Gasteiger partial charge in [0.15, 0.2) is 6.29 Å². The first-order chi connectivity index (χ1) is 10.8. The number of aldehydes is 1. The maximum absolute atomic E-state index is 12.1. The van der Waals surface area contributed by atoms with E-state index in [1.54, 1.807) is 12.1 Å². The Morgan fingerprint density at radius 3 is 2.41 bits per heavy atom. The topological polar surface area (TPSA) is 65.2 Å². The summed E-state index contributed by atoms with van der Waals surface area (Å²) in [5, 5.41) is 2.82. The molecule has 2 heterocycles. The molecule has 3 rings (SSSR count). The zero-order valence-corrected chi connectivity index (χ0v) is 12.3. The Labute approximate surface area is 129 Å². The van der Waals surface area contributed by atoms with Gasteiger partial charge in [0.25, 0.3) is 5.91 Å². The zero-order valence-electron chi connectivity index (χ0n) is 12.3. The fourth-order valence-electron chi connectivity index (χ4n) is 2.72. The van der Waals surface area contributed by atoms with Crippen LogP contribution >= 0.6 is 0 Å². The Bertz CT molecular complexity index is 655.